The van der Waals surface area contributed by atoms with E-state index in [1.54, 1.807) is 42.5 Å². The van der Waals surface area contributed by atoms with Crippen molar-refractivity contribution in [3.05, 3.63) is 99.4 Å². The number of hydrogen-bond acceptors (Lipinski definition) is 4. The van der Waals surface area contributed by atoms with Gasteiger partial charge in [0.15, 0.2) is 0 Å². The first-order valence-corrected chi connectivity index (χ1v) is 9.15. The number of halogens is 1. The highest BCUT2D eigenvalue weighted by atomic mass is 35.5. The van der Waals surface area contributed by atoms with Crippen LogP contribution in [0.25, 0.3) is 11.0 Å². The Balaban J connectivity index is 1.58. The third-order valence-corrected chi connectivity index (χ3v) is 4.74. The molecule has 4 rings (SSSR count). The number of para-hydroxylation sites is 1. The van der Waals surface area contributed by atoms with Gasteiger partial charge < -0.3 is 13.9 Å². The molecule has 0 atom stereocenters. The normalized spacial score (nSPS) is 10.8. The molecule has 28 heavy (non-hydrogen) atoms. The zero-order valence-corrected chi connectivity index (χ0v) is 15.9. The molecule has 0 saturated heterocycles. The van der Waals surface area contributed by atoms with Crippen LogP contribution in [0.15, 0.2) is 82.2 Å². The molecule has 0 unspecified atom stereocenters. The maximum atomic E-state index is 12.7. The van der Waals surface area contributed by atoms with E-state index in [4.69, 9.17) is 25.5 Å². The quantitative estimate of drug-likeness (QED) is 0.410. The number of ether oxygens (including phenoxy) is 2. The molecule has 1 aromatic heterocycles. The summed E-state index contributed by atoms with van der Waals surface area (Å²) >= 11 is 6.09. The Morgan fingerprint density at radius 1 is 0.964 bits per heavy atom. The second kappa shape index (κ2) is 7.79. The van der Waals surface area contributed by atoms with E-state index in [0.29, 0.717) is 34.1 Å². The van der Waals surface area contributed by atoms with Crippen molar-refractivity contribution in [2.75, 3.05) is 0 Å². The van der Waals surface area contributed by atoms with Crippen molar-refractivity contribution in [1.29, 1.82) is 0 Å². The summed E-state index contributed by atoms with van der Waals surface area (Å²) in [4.78, 5) is 12.7. The lowest BCUT2D eigenvalue weighted by atomic mass is 10.1. The van der Waals surface area contributed by atoms with Gasteiger partial charge in [-0.3, -0.25) is 4.79 Å². The lowest BCUT2D eigenvalue weighted by Crippen LogP contribution is -2.05. The van der Waals surface area contributed by atoms with Gasteiger partial charge in [-0.25, -0.2) is 0 Å². The van der Waals surface area contributed by atoms with E-state index in [1.807, 2.05) is 31.2 Å². The van der Waals surface area contributed by atoms with Crippen LogP contribution in [0.1, 0.15) is 11.1 Å². The number of rotatable bonds is 5. The first kappa shape index (κ1) is 18.1. The van der Waals surface area contributed by atoms with Crippen molar-refractivity contribution in [2.24, 2.45) is 0 Å². The third kappa shape index (κ3) is 3.73. The smallest absolute Gasteiger partial charge is 0.235 e. The van der Waals surface area contributed by atoms with E-state index in [2.05, 4.69) is 0 Å². The fourth-order valence-electron chi connectivity index (χ4n) is 2.83. The lowest BCUT2D eigenvalue weighted by molar-refractivity contribution is 0.305. The van der Waals surface area contributed by atoms with Crippen LogP contribution in [-0.4, -0.2) is 0 Å². The highest BCUT2D eigenvalue weighted by molar-refractivity contribution is 6.32. The van der Waals surface area contributed by atoms with Gasteiger partial charge in [0.05, 0.1) is 10.4 Å². The van der Waals surface area contributed by atoms with Crippen molar-refractivity contribution < 1.29 is 13.9 Å². The molecule has 0 aliphatic rings. The Morgan fingerprint density at radius 2 is 1.75 bits per heavy atom. The summed E-state index contributed by atoms with van der Waals surface area (Å²) in [6.45, 7) is 2.48. The first-order chi connectivity index (χ1) is 13.6. The molecular formula is C23H17ClO4. The van der Waals surface area contributed by atoms with Crippen molar-refractivity contribution in [3.63, 3.8) is 0 Å². The van der Waals surface area contributed by atoms with Gasteiger partial charge >= 0.3 is 0 Å². The van der Waals surface area contributed by atoms with Crippen LogP contribution >= 0.6 is 11.6 Å². The number of benzene rings is 3. The maximum Gasteiger partial charge on any atom is 0.235 e. The zero-order valence-electron chi connectivity index (χ0n) is 15.1. The van der Waals surface area contributed by atoms with Crippen LogP contribution in [0.2, 0.25) is 5.02 Å². The average molecular weight is 393 g/mol. The predicted molar refractivity (Wildman–Crippen MR) is 110 cm³/mol. The minimum Gasteiger partial charge on any atom is -0.489 e. The van der Waals surface area contributed by atoms with E-state index >= 15 is 0 Å². The molecule has 0 aliphatic heterocycles. The van der Waals surface area contributed by atoms with Crippen molar-refractivity contribution in [3.8, 4) is 17.2 Å². The van der Waals surface area contributed by atoms with Crippen LogP contribution in [0.3, 0.4) is 0 Å². The molecule has 4 aromatic rings. The largest absolute Gasteiger partial charge is 0.489 e. The molecule has 0 amide bonds. The molecule has 0 bridgehead atoms. The summed E-state index contributed by atoms with van der Waals surface area (Å²) in [5, 5.41) is 0.828. The highest BCUT2D eigenvalue weighted by Crippen LogP contribution is 2.29. The SMILES string of the molecule is Cc1ccccc1COc1ccc2c(=O)c(Oc3ccccc3Cl)coc2c1. The number of fused-ring (bicyclic) bond motifs is 1. The van der Waals surface area contributed by atoms with Gasteiger partial charge in [0, 0.05) is 6.07 Å². The van der Waals surface area contributed by atoms with E-state index < -0.39 is 0 Å². The number of aryl methyl sites for hydroxylation is 1. The predicted octanol–water partition coefficient (Wildman–Crippen LogP) is 6.13. The maximum absolute atomic E-state index is 12.7. The van der Waals surface area contributed by atoms with Gasteiger partial charge in [-0.15, -0.1) is 0 Å². The Hall–Kier alpha value is -3.24. The Bertz CT molecular complexity index is 1200. The Kier molecular flexibility index (Phi) is 5.04. The van der Waals surface area contributed by atoms with Gasteiger partial charge in [0.2, 0.25) is 11.2 Å². The summed E-state index contributed by atoms with van der Waals surface area (Å²) in [6.07, 6.45) is 1.29. The topological polar surface area (TPSA) is 48.7 Å². The van der Waals surface area contributed by atoms with Crippen LogP contribution < -0.4 is 14.9 Å². The van der Waals surface area contributed by atoms with E-state index in [1.165, 1.54) is 6.26 Å². The van der Waals surface area contributed by atoms with Crippen LogP contribution in [-0.2, 0) is 6.61 Å². The molecular weight excluding hydrogens is 376 g/mol. The Morgan fingerprint density at radius 3 is 2.57 bits per heavy atom. The molecule has 0 fully saturated rings. The fourth-order valence-corrected chi connectivity index (χ4v) is 3.00. The molecule has 5 heteroatoms. The number of hydrogen-bond donors (Lipinski definition) is 0. The van der Waals surface area contributed by atoms with Gasteiger partial charge in [-0.2, -0.15) is 0 Å². The van der Waals surface area contributed by atoms with Gasteiger partial charge in [-0.05, 0) is 42.3 Å². The van der Waals surface area contributed by atoms with Crippen LogP contribution in [0.5, 0.6) is 17.2 Å². The fraction of sp³-hybridized carbons (Fsp3) is 0.0870. The van der Waals surface area contributed by atoms with Crippen molar-refractivity contribution in [2.45, 2.75) is 13.5 Å². The van der Waals surface area contributed by atoms with Gasteiger partial charge in [-0.1, -0.05) is 48.0 Å². The summed E-state index contributed by atoms with van der Waals surface area (Å²) < 4.78 is 17.1. The monoisotopic (exact) mass is 392 g/mol. The molecule has 4 nitrogen and oxygen atoms in total. The Labute approximate surface area is 166 Å². The minimum atomic E-state index is -0.272. The molecule has 140 valence electrons. The standard InChI is InChI=1S/C23H17ClO4/c1-15-6-2-3-7-16(15)13-26-17-10-11-18-21(12-17)27-14-22(23(18)25)28-20-9-5-4-8-19(20)24/h2-12,14H,13H2,1H3. The highest BCUT2D eigenvalue weighted by Gasteiger charge is 2.12. The molecule has 0 radical (unpaired) electrons. The second-order valence-electron chi connectivity index (χ2n) is 6.33. The van der Waals surface area contributed by atoms with Gasteiger partial charge in [0.1, 0.15) is 30.0 Å². The molecule has 0 N–H and O–H groups in total. The van der Waals surface area contributed by atoms with E-state index in [-0.39, 0.29) is 11.2 Å². The van der Waals surface area contributed by atoms with E-state index in [9.17, 15) is 4.79 Å². The molecule has 0 aliphatic carbocycles. The zero-order chi connectivity index (χ0) is 19.5. The minimum absolute atomic E-state index is 0.0779. The van der Waals surface area contributed by atoms with Crippen molar-refractivity contribution >= 4 is 22.6 Å². The third-order valence-electron chi connectivity index (χ3n) is 4.43. The van der Waals surface area contributed by atoms with Crippen molar-refractivity contribution in [1.82, 2.24) is 0 Å². The summed E-state index contributed by atoms with van der Waals surface area (Å²) in [5.41, 5.74) is 2.43. The average Bonchev–Trinajstić information content (AvgIpc) is 2.71. The summed E-state index contributed by atoms with van der Waals surface area (Å²) in [7, 11) is 0. The van der Waals surface area contributed by atoms with Crippen LogP contribution in [0.4, 0.5) is 0 Å². The second-order valence-corrected chi connectivity index (χ2v) is 6.74. The molecule has 1 heterocycles. The summed E-state index contributed by atoms with van der Waals surface area (Å²) in [6, 6.07) is 20.1. The molecule has 0 saturated carbocycles. The first-order valence-electron chi connectivity index (χ1n) is 8.77. The molecule has 3 aromatic carbocycles. The summed E-state index contributed by atoms with van der Waals surface area (Å²) in [5.74, 6) is 1.10. The van der Waals surface area contributed by atoms with Crippen LogP contribution in [0, 0.1) is 6.92 Å². The van der Waals surface area contributed by atoms with Gasteiger partial charge in [0.25, 0.3) is 0 Å². The lowest BCUT2D eigenvalue weighted by Gasteiger charge is -2.10. The molecule has 0 spiro atoms. The van der Waals surface area contributed by atoms with E-state index in [0.717, 1.165) is 11.1 Å².